The maximum atomic E-state index is 4.60. The lowest BCUT2D eigenvalue weighted by atomic mass is 10.5. The summed E-state index contributed by atoms with van der Waals surface area (Å²) >= 11 is 0. The first-order chi connectivity index (χ1) is 4.12. The van der Waals surface area contributed by atoms with Crippen molar-refractivity contribution < 1.29 is 9.22 Å². The Balaban J connectivity index is 3.84. The van der Waals surface area contributed by atoms with Crippen LogP contribution >= 0.6 is 0 Å². The van der Waals surface area contributed by atoms with Gasteiger partial charge in [0, 0.05) is 0 Å². The predicted molar refractivity (Wildman–Crippen MR) is 37.4 cm³/mol. The van der Waals surface area contributed by atoms with Crippen LogP contribution in [0.4, 0.5) is 0 Å². The van der Waals surface area contributed by atoms with Gasteiger partial charge >= 0.3 is 0 Å². The van der Waals surface area contributed by atoms with Gasteiger partial charge in [0.25, 0.3) is 0 Å². The normalized spacial score (nSPS) is 9.78. The Kier molecular flexibility index (Phi) is 3.11. The summed E-state index contributed by atoms with van der Waals surface area (Å²) in [5, 5.41) is 0. The quantitative estimate of drug-likeness (QED) is 0.372. The van der Waals surface area contributed by atoms with Gasteiger partial charge in [-0.3, -0.25) is 0 Å². The van der Waals surface area contributed by atoms with E-state index in [1.54, 1.807) is 7.11 Å². The van der Waals surface area contributed by atoms with Crippen LogP contribution in [0.25, 0.3) is 0 Å². The summed E-state index contributed by atoms with van der Waals surface area (Å²) in [7, 11) is 5.64. The molecule has 0 aliphatic carbocycles. The molecule has 2 heteroatoms. The van der Waals surface area contributed by atoms with Crippen LogP contribution in [0.3, 0.4) is 0 Å². The first-order valence-electron chi connectivity index (χ1n) is 3.00. The second kappa shape index (κ2) is 3.37. The molecular formula is C7H14NO+. The highest BCUT2D eigenvalue weighted by molar-refractivity contribution is 4.79. The molecule has 0 radical (unpaired) electrons. The van der Waals surface area contributed by atoms with E-state index in [0.717, 1.165) is 6.54 Å². The second-order valence-electron chi connectivity index (χ2n) is 2.42. The Morgan fingerprint density at radius 3 is 2.33 bits per heavy atom. The van der Waals surface area contributed by atoms with Crippen molar-refractivity contribution in [2.24, 2.45) is 0 Å². The number of rotatable bonds is 1. The minimum absolute atomic E-state index is 0.688. The number of hydrogen-bond acceptors (Lipinski definition) is 1. The Labute approximate surface area is 57.0 Å². The van der Waals surface area contributed by atoms with E-state index in [4.69, 9.17) is 0 Å². The lowest BCUT2D eigenvalue weighted by molar-refractivity contribution is -0.820. The fourth-order valence-corrected chi connectivity index (χ4v) is 0.248. The highest BCUT2D eigenvalue weighted by Crippen LogP contribution is 1.89. The first-order valence-corrected chi connectivity index (χ1v) is 3.00. The summed E-state index contributed by atoms with van der Waals surface area (Å²) in [6, 6.07) is 2.92. The van der Waals surface area contributed by atoms with Gasteiger partial charge in [0.15, 0.2) is 12.2 Å². The van der Waals surface area contributed by atoms with Gasteiger partial charge in [0.2, 0.25) is 0 Å². The highest BCUT2D eigenvalue weighted by Gasteiger charge is 2.06. The van der Waals surface area contributed by atoms with Gasteiger partial charge in [-0.25, -0.2) is 4.48 Å². The zero-order valence-corrected chi connectivity index (χ0v) is 6.56. The third kappa shape index (κ3) is 3.87. The lowest BCUT2D eigenvalue weighted by Crippen LogP contribution is -2.33. The second-order valence-corrected chi connectivity index (χ2v) is 2.42. The molecule has 0 amide bonds. The van der Waals surface area contributed by atoms with Crippen LogP contribution in [-0.2, 0) is 4.74 Å². The van der Waals surface area contributed by atoms with Crippen LogP contribution in [0.5, 0.6) is 0 Å². The Hall–Kier alpha value is -0.680. The maximum Gasteiger partial charge on any atom is 0.180 e. The first kappa shape index (κ1) is 8.32. The molecule has 52 valence electrons. The molecule has 0 aliphatic heterocycles. The average Bonchev–Trinajstić information content (AvgIpc) is 1.84. The lowest BCUT2D eigenvalue weighted by Gasteiger charge is -2.17. The zero-order valence-electron chi connectivity index (χ0n) is 6.56. The fraction of sp³-hybridized carbons (Fsp3) is 0.714. The van der Waals surface area contributed by atoms with Gasteiger partial charge in [-0.1, -0.05) is 0 Å². The third-order valence-electron chi connectivity index (χ3n) is 1.24. The van der Waals surface area contributed by atoms with E-state index in [-0.39, 0.29) is 0 Å². The van der Waals surface area contributed by atoms with Crippen LogP contribution < -0.4 is 0 Å². The molecule has 2 nitrogen and oxygen atoms in total. The van der Waals surface area contributed by atoms with E-state index in [0.29, 0.717) is 4.48 Å². The Morgan fingerprint density at radius 1 is 1.44 bits per heavy atom. The van der Waals surface area contributed by atoms with E-state index in [1.807, 2.05) is 14.1 Å². The molecule has 0 aromatic carbocycles. The summed E-state index contributed by atoms with van der Waals surface area (Å²) in [5.74, 6) is 0. The topological polar surface area (TPSA) is 9.23 Å². The van der Waals surface area contributed by atoms with Crippen LogP contribution in [0.15, 0.2) is 0 Å². The number of ether oxygens (including phenoxy) is 1. The van der Waals surface area contributed by atoms with Crippen molar-refractivity contribution in [2.45, 2.75) is 6.92 Å². The number of methoxy groups -OCH3 is 1. The van der Waals surface area contributed by atoms with Crippen LogP contribution in [0.1, 0.15) is 6.92 Å². The number of hydrogen-bond donors (Lipinski definition) is 0. The minimum Gasteiger partial charge on any atom is -0.446 e. The van der Waals surface area contributed by atoms with Crippen LogP contribution in [0.2, 0.25) is 0 Å². The van der Waals surface area contributed by atoms with Gasteiger partial charge in [-0.2, -0.15) is 0 Å². The molecule has 0 bridgehead atoms. The van der Waals surface area contributed by atoms with Crippen molar-refractivity contribution in [2.75, 3.05) is 27.7 Å². The molecule has 0 N–H and O–H groups in total. The monoisotopic (exact) mass is 128 g/mol. The molecule has 0 aliphatic rings. The Morgan fingerprint density at radius 2 is 2.00 bits per heavy atom. The van der Waals surface area contributed by atoms with E-state index < -0.39 is 0 Å². The van der Waals surface area contributed by atoms with Gasteiger partial charge in [0.1, 0.15) is 0 Å². The molecule has 0 heterocycles. The highest BCUT2D eigenvalue weighted by atomic mass is 16.5. The van der Waals surface area contributed by atoms with Crippen molar-refractivity contribution >= 4 is 0 Å². The predicted octanol–water partition coefficient (Wildman–Crippen LogP) is 0.647. The fourth-order valence-electron chi connectivity index (χ4n) is 0.248. The van der Waals surface area contributed by atoms with Crippen molar-refractivity contribution in [3.05, 3.63) is 0 Å². The molecule has 0 rings (SSSR count). The third-order valence-corrected chi connectivity index (χ3v) is 1.24. The maximum absolute atomic E-state index is 4.60. The minimum atomic E-state index is 0.688. The van der Waals surface area contributed by atoms with E-state index in [2.05, 4.69) is 23.8 Å². The molecule has 0 unspecified atom stereocenters. The molecule has 0 fully saturated rings. The molecular weight excluding hydrogens is 114 g/mol. The van der Waals surface area contributed by atoms with Gasteiger partial charge in [0.05, 0.1) is 27.7 Å². The van der Waals surface area contributed by atoms with Crippen molar-refractivity contribution in [1.82, 2.24) is 0 Å². The molecule has 0 spiro atoms. The smallest absolute Gasteiger partial charge is 0.180 e. The molecule has 0 saturated carbocycles. The van der Waals surface area contributed by atoms with Gasteiger partial charge in [-0.05, 0) is 6.92 Å². The van der Waals surface area contributed by atoms with Crippen molar-refractivity contribution in [1.29, 1.82) is 0 Å². The summed E-state index contributed by atoms with van der Waals surface area (Å²) in [4.78, 5) is 0. The van der Waals surface area contributed by atoms with Gasteiger partial charge < -0.3 is 4.74 Å². The molecule has 0 aromatic heterocycles. The van der Waals surface area contributed by atoms with Crippen molar-refractivity contribution in [3.63, 3.8) is 0 Å². The summed E-state index contributed by atoms with van der Waals surface area (Å²) in [6.45, 7) is 3.08. The largest absolute Gasteiger partial charge is 0.446 e. The standard InChI is InChI=1S/C7H14NO/c1-5-8(2,3)6-7-9-4/h5H2,1-4H3/q+1. The van der Waals surface area contributed by atoms with E-state index in [9.17, 15) is 0 Å². The molecule has 0 aromatic rings. The molecule has 0 atom stereocenters. The van der Waals surface area contributed by atoms with E-state index in [1.165, 1.54) is 0 Å². The number of nitrogens with zero attached hydrogens (tertiary/aromatic N) is 1. The average molecular weight is 128 g/mol. The summed E-state index contributed by atoms with van der Waals surface area (Å²) in [6.07, 6.45) is 2.56. The zero-order chi connectivity index (χ0) is 7.33. The Bertz CT molecular complexity index is 130. The SMILES string of the molecule is CC[N+](C)(C)C#COC. The van der Waals surface area contributed by atoms with Crippen LogP contribution in [0, 0.1) is 12.2 Å². The van der Waals surface area contributed by atoms with Gasteiger partial charge in [-0.15, -0.1) is 0 Å². The van der Waals surface area contributed by atoms with E-state index >= 15 is 0 Å². The molecule has 0 saturated heterocycles. The number of quaternary nitrogens is 1. The van der Waals surface area contributed by atoms with Crippen LogP contribution in [-0.4, -0.2) is 32.2 Å². The molecule has 9 heavy (non-hydrogen) atoms. The summed E-state index contributed by atoms with van der Waals surface area (Å²) in [5.41, 5.74) is 0. The van der Waals surface area contributed by atoms with Crippen molar-refractivity contribution in [3.8, 4) is 12.2 Å². The summed E-state index contributed by atoms with van der Waals surface area (Å²) < 4.78 is 5.29.